The molecule has 2 rings (SSSR count). The molecule has 0 amide bonds. The molecule has 0 aliphatic rings. The van der Waals surface area contributed by atoms with E-state index in [1.807, 2.05) is 19.1 Å². The number of nitrogens with zero attached hydrogens (tertiary/aromatic N) is 2. The standard InChI is InChI=1S/C12H9ClN2O/c1-8-6-11(7-16)15-12(14-8)9-2-4-10(13)5-3-9/h2-7H,1H3. The second-order valence-electron chi connectivity index (χ2n) is 3.38. The highest BCUT2D eigenvalue weighted by Crippen LogP contribution is 2.18. The van der Waals surface area contributed by atoms with Crippen LogP contribution in [-0.4, -0.2) is 16.3 Å². The van der Waals surface area contributed by atoms with Crippen LogP contribution in [-0.2, 0) is 0 Å². The van der Waals surface area contributed by atoms with Crippen molar-refractivity contribution in [2.75, 3.05) is 0 Å². The maximum atomic E-state index is 10.7. The van der Waals surface area contributed by atoms with E-state index in [4.69, 9.17) is 11.6 Å². The van der Waals surface area contributed by atoms with Crippen LogP contribution in [0.25, 0.3) is 11.4 Å². The Bertz CT molecular complexity index is 523. The number of aromatic nitrogens is 2. The average molecular weight is 233 g/mol. The van der Waals surface area contributed by atoms with Crippen LogP contribution >= 0.6 is 11.6 Å². The van der Waals surface area contributed by atoms with E-state index in [9.17, 15) is 4.79 Å². The number of hydrogen-bond donors (Lipinski definition) is 0. The molecule has 0 unspecified atom stereocenters. The fourth-order valence-electron chi connectivity index (χ4n) is 1.38. The Balaban J connectivity index is 2.51. The lowest BCUT2D eigenvalue weighted by atomic mass is 10.2. The maximum absolute atomic E-state index is 10.7. The minimum absolute atomic E-state index is 0.387. The van der Waals surface area contributed by atoms with Crippen LogP contribution in [0.3, 0.4) is 0 Å². The van der Waals surface area contributed by atoms with E-state index in [1.165, 1.54) is 0 Å². The van der Waals surface area contributed by atoms with Crippen molar-refractivity contribution < 1.29 is 4.79 Å². The molecule has 0 aliphatic carbocycles. The largest absolute Gasteiger partial charge is 0.296 e. The molecular weight excluding hydrogens is 224 g/mol. The molecule has 1 heterocycles. The number of carbonyl (C=O) groups is 1. The first kappa shape index (κ1) is 10.8. The molecule has 4 heteroatoms. The molecular formula is C12H9ClN2O. The van der Waals surface area contributed by atoms with Crippen LogP contribution in [0.4, 0.5) is 0 Å². The van der Waals surface area contributed by atoms with E-state index >= 15 is 0 Å². The lowest BCUT2D eigenvalue weighted by Crippen LogP contribution is -1.96. The number of rotatable bonds is 2. The van der Waals surface area contributed by atoms with Gasteiger partial charge in [-0.25, -0.2) is 9.97 Å². The van der Waals surface area contributed by atoms with Gasteiger partial charge in [0.05, 0.1) is 0 Å². The summed E-state index contributed by atoms with van der Waals surface area (Å²) in [6.07, 6.45) is 0.716. The quantitative estimate of drug-likeness (QED) is 0.748. The van der Waals surface area contributed by atoms with E-state index in [2.05, 4.69) is 9.97 Å². The monoisotopic (exact) mass is 232 g/mol. The van der Waals surface area contributed by atoms with Crippen molar-refractivity contribution >= 4 is 17.9 Å². The van der Waals surface area contributed by atoms with Gasteiger partial charge in [0, 0.05) is 16.3 Å². The van der Waals surface area contributed by atoms with Gasteiger partial charge in [0.25, 0.3) is 0 Å². The Hall–Kier alpha value is -1.74. The summed E-state index contributed by atoms with van der Waals surface area (Å²) < 4.78 is 0. The van der Waals surface area contributed by atoms with Crippen LogP contribution in [0.2, 0.25) is 5.02 Å². The van der Waals surface area contributed by atoms with Gasteiger partial charge in [0.2, 0.25) is 0 Å². The van der Waals surface area contributed by atoms with E-state index in [0.29, 0.717) is 22.8 Å². The predicted octanol–water partition coefficient (Wildman–Crippen LogP) is 2.92. The summed E-state index contributed by atoms with van der Waals surface area (Å²) in [4.78, 5) is 19.1. The van der Waals surface area contributed by atoms with Gasteiger partial charge in [-0.3, -0.25) is 4.79 Å². The smallest absolute Gasteiger partial charge is 0.168 e. The third kappa shape index (κ3) is 2.25. The van der Waals surface area contributed by atoms with Crippen molar-refractivity contribution in [2.24, 2.45) is 0 Å². The first-order valence-electron chi connectivity index (χ1n) is 4.76. The van der Waals surface area contributed by atoms with Crippen LogP contribution in [0.15, 0.2) is 30.3 Å². The normalized spacial score (nSPS) is 10.1. The Morgan fingerprint density at radius 3 is 2.50 bits per heavy atom. The van der Waals surface area contributed by atoms with Gasteiger partial charge in [0.1, 0.15) is 5.69 Å². The van der Waals surface area contributed by atoms with Crippen molar-refractivity contribution in [2.45, 2.75) is 6.92 Å². The molecule has 0 saturated carbocycles. The van der Waals surface area contributed by atoms with Crippen molar-refractivity contribution in [3.63, 3.8) is 0 Å². The minimum Gasteiger partial charge on any atom is -0.296 e. The Morgan fingerprint density at radius 1 is 1.19 bits per heavy atom. The first-order chi connectivity index (χ1) is 7.69. The highest BCUT2D eigenvalue weighted by Gasteiger charge is 2.04. The number of hydrogen-bond acceptors (Lipinski definition) is 3. The van der Waals surface area contributed by atoms with Crippen LogP contribution in [0.1, 0.15) is 16.2 Å². The summed E-state index contributed by atoms with van der Waals surface area (Å²) in [7, 11) is 0. The van der Waals surface area contributed by atoms with Crippen LogP contribution in [0, 0.1) is 6.92 Å². The van der Waals surface area contributed by atoms with E-state index in [-0.39, 0.29) is 0 Å². The summed E-state index contributed by atoms with van der Waals surface area (Å²) in [6, 6.07) is 8.83. The molecule has 0 fully saturated rings. The molecule has 1 aromatic heterocycles. The van der Waals surface area contributed by atoms with Gasteiger partial charge in [-0.05, 0) is 37.3 Å². The molecule has 0 saturated heterocycles. The van der Waals surface area contributed by atoms with Crippen LogP contribution in [0.5, 0.6) is 0 Å². The molecule has 0 N–H and O–H groups in total. The molecule has 0 atom stereocenters. The van der Waals surface area contributed by atoms with Gasteiger partial charge in [0.15, 0.2) is 12.1 Å². The van der Waals surface area contributed by atoms with E-state index in [1.54, 1.807) is 18.2 Å². The summed E-state index contributed by atoms with van der Waals surface area (Å²) in [5, 5.41) is 0.659. The molecule has 1 aromatic carbocycles. The molecule has 0 radical (unpaired) electrons. The van der Waals surface area contributed by atoms with Gasteiger partial charge in [-0.1, -0.05) is 11.6 Å². The number of halogens is 1. The third-order valence-corrected chi connectivity index (χ3v) is 2.35. The summed E-state index contributed by atoms with van der Waals surface area (Å²) in [5.41, 5.74) is 2.00. The highest BCUT2D eigenvalue weighted by atomic mass is 35.5. The summed E-state index contributed by atoms with van der Waals surface area (Å²) in [5.74, 6) is 0.541. The minimum atomic E-state index is 0.387. The molecule has 0 bridgehead atoms. The Labute approximate surface area is 98.1 Å². The highest BCUT2D eigenvalue weighted by molar-refractivity contribution is 6.30. The number of benzene rings is 1. The first-order valence-corrected chi connectivity index (χ1v) is 5.13. The summed E-state index contributed by atoms with van der Waals surface area (Å²) in [6.45, 7) is 1.83. The van der Waals surface area contributed by atoms with Gasteiger partial charge < -0.3 is 0 Å². The third-order valence-electron chi connectivity index (χ3n) is 2.10. The molecule has 80 valence electrons. The topological polar surface area (TPSA) is 42.9 Å². The van der Waals surface area contributed by atoms with Gasteiger partial charge in [-0.2, -0.15) is 0 Å². The summed E-state index contributed by atoms with van der Waals surface area (Å²) >= 11 is 5.79. The van der Waals surface area contributed by atoms with Crippen molar-refractivity contribution in [3.8, 4) is 11.4 Å². The van der Waals surface area contributed by atoms with E-state index in [0.717, 1.165) is 11.3 Å². The fraction of sp³-hybridized carbons (Fsp3) is 0.0833. The lowest BCUT2D eigenvalue weighted by Gasteiger charge is -2.02. The zero-order chi connectivity index (χ0) is 11.5. The van der Waals surface area contributed by atoms with E-state index < -0.39 is 0 Å². The average Bonchev–Trinajstić information content (AvgIpc) is 2.29. The number of aryl methyl sites for hydroxylation is 1. The van der Waals surface area contributed by atoms with Crippen molar-refractivity contribution in [1.82, 2.24) is 9.97 Å². The molecule has 2 aromatic rings. The second kappa shape index (κ2) is 4.41. The lowest BCUT2D eigenvalue weighted by molar-refractivity contribution is 0.111. The molecule has 3 nitrogen and oxygen atoms in total. The van der Waals surface area contributed by atoms with Gasteiger partial charge in [-0.15, -0.1) is 0 Å². The fourth-order valence-corrected chi connectivity index (χ4v) is 1.51. The molecule has 0 aliphatic heterocycles. The van der Waals surface area contributed by atoms with Crippen LogP contribution < -0.4 is 0 Å². The molecule has 16 heavy (non-hydrogen) atoms. The van der Waals surface area contributed by atoms with Crippen molar-refractivity contribution in [3.05, 3.63) is 46.7 Å². The Morgan fingerprint density at radius 2 is 1.88 bits per heavy atom. The maximum Gasteiger partial charge on any atom is 0.168 e. The van der Waals surface area contributed by atoms with Gasteiger partial charge >= 0.3 is 0 Å². The zero-order valence-corrected chi connectivity index (χ0v) is 9.40. The van der Waals surface area contributed by atoms with Crippen molar-refractivity contribution in [1.29, 1.82) is 0 Å². The zero-order valence-electron chi connectivity index (χ0n) is 8.64. The predicted molar refractivity (Wildman–Crippen MR) is 62.6 cm³/mol. The second-order valence-corrected chi connectivity index (χ2v) is 3.82. The Kier molecular flexibility index (Phi) is 2.97. The SMILES string of the molecule is Cc1cc(C=O)nc(-c2ccc(Cl)cc2)n1. The number of aldehydes is 1. The number of carbonyl (C=O) groups excluding carboxylic acids is 1. The molecule has 0 spiro atoms.